The zero-order valence-corrected chi connectivity index (χ0v) is 6.63. The lowest BCUT2D eigenvalue weighted by atomic mass is 9.96. The molecule has 1 unspecified atom stereocenters. The van der Waals surface area contributed by atoms with Crippen LogP contribution in [0, 0.1) is 5.41 Å². The van der Waals surface area contributed by atoms with E-state index in [-0.39, 0.29) is 16.9 Å². The van der Waals surface area contributed by atoms with E-state index >= 15 is 0 Å². The van der Waals surface area contributed by atoms with Crippen LogP contribution in [0.2, 0.25) is 0 Å². The molecule has 0 spiro atoms. The second kappa shape index (κ2) is 2.37. The van der Waals surface area contributed by atoms with Crippen molar-refractivity contribution < 1.29 is 9.59 Å². The number of carbonyl (C=O) groups is 2. The Hall–Kier alpha value is -1.75. The van der Waals surface area contributed by atoms with E-state index in [1.165, 1.54) is 12.2 Å². The minimum Gasteiger partial charge on any atom is -0.319 e. The van der Waals surface area contributed by atoms with Gasteiger partial charge in [0.2, 0.25) is 0 Å². The van der Waals surface area contributed by atoms with Crippen LogP contribution in [0.25, 0.3) is 0 Å². The molecule has 0 aromatic heterocycles. The molecule has 66 valence electrons. The van der Waals surface area contributed by atoms with Gasteiger partial charge in [-0.05, 0) is 12.2 Å². The summed E-state index contributed by atoms with van der Waals surface area (Å²) in [6.07, 6.45) is 2.76. The Morgan fingerprint density at radius 2 is 1.92 bits per heavy atom. The Labute approximate surface area is 73.8 Å². The molecule has 0 radical (unpaired) electrons. The predicted octanol–water partition coefficient (Wildman–Crippen LogP) is -1.14. The summed E-state index contributed by atoms with van der Waals surface area (Å²) in [6.45, 7) is 0. The molecule has 0 saturated carbocycles. The van der Waals surface area contributed by atoms with Gasteiger partial charge in [-0.1, -0.05) is 0 Å². The average molecular weight is 177 g/mol. The van der Waals surface area contributed by atoms with E-state index in [1.807, 2.05) is 0 Å². The fraction of sp³-hybridized carbons (Fsp3) is 0.125. The highest BCUT2D eigenvalue weighted by Gasteiger charge is 2.33. The number of imide groups is 1. The number of nitrogens with two attached hydrogens (primary N) is 1. The molecule has 1 aliphatic heterocycles. The highest BCUT2D eigenvalue weighted by molar-refractivity contribution is 6.28. The van der Waals surface area contributed by atoms with Gasteiger partial charge in [0.1, 0.15) is 0 Å². The van der Waals surface area contributed by atoms with Crippen molar-refractivity contribution in [2.75, 3.05) is 0 Å². The van der Waals surface area contributed by atoms with Crippen LogP contribution in [-0.2, 0) is 9.59 Å². The molecule has 1 atom stereocenters. The molecule has 2 aliphatic rings. The lowest BCUT2D eigenvalue weighted by Crippen LogP contribution is -2.30. The third-order valence-electron chi connectivity index (χ3n) is 2.01. The van der Waals surface area contributed by atoms with Crippen molar-refractivity contribution in [1.29, 1.82) is 5.41 Å². The van der Waals surface area contributed by atoms with E-state index in [4.69, 9.17) is 11.1 Å². The standard InChI is InChI=1S/C8H7N3O2/c9-5-1-3-4(2-6(5)10)8(13)11-7(3)12/h1-2,5,10H,9H2,(H,11,12,13). The van der Waals surface area contributed by atoms with E-state index in [9.17, 15) is 9.59 Å². The van der Waals surface area contributed by atoms with Gasteiger partial charge < -0.3 is 11.1 Å². The van der Waals surface area contributed by atoms with Crippen molar-refractivity contribution in [3.63, 3.8) is 0 Å². The molecule has 2 rings (SSSR count). The number of carbonyl (C=O) groups excluding carboxylic acids is 2. The highest BCUT2D eigenvalue weighted by Crippen LogP contribution is 2.21. The molecule has 1 heterocycles. The van der Waals surface area contributed by atoms with Crippen LogP contribution >= 0.6 is 0 Å². The highest BCUT2D eigenvalue weighted by atomic mass is 16.2. The smallest absolute Gasteiger partial charge is 0.258 e. The Bertz CT molecular complexity index is 392. The molecule has 1 saturated heterocycles. The molecule has 0 aromatic carbocycles. The first-order valence-electron chi connectivity index (χ1n) is 3.73. The summed E-state index contributed by atoms with van der Waals surface area (Å²) in [4.78, 5) is 22.2. The van der Waals surface area contributed by atoms with E-state index in [1.54, 1.807) is 0 Å². The van der Waals surface area contributed by atoms with Crippen LogP contribution in [0.5, 0.6) is 0 Å². The molecule has 1 fully saturated rings. The molecule has 5 nitrogen and oxygen atoms in total. The summed E-state index contributed by atoms with van der Waals surface area (Å²) in [7, 11) is 0. The Morgan fingerprint density at radius 1 is 1.31 bits per heavy atom. The maximum absolute atomic E-state index is 11.1. The zero-order valence-electron chi connectivity index (χ0n) is 6.63. The van der Waals surface area contributed by atoms with Crippen LogP contribution in [0.3, 0.4) is 0 Å². The van der Waals surface area contributed by atoms with Gasteiger partial charge in [-0.25, -0.2) is 0 Å². The molecule has 4 N–H and O–H groups in total. The number of rotatable bonds is 0. The topological polar surface area (TPSA) is 96.0 Å². The molecule has 0 bridgehead atoms. The number of fused-ring (bicyclic) bond motifs is 1. The lowest BCUT2D eigenvalue weighted by molar-refractivity contribution is -0.123. The first-order valence-corrected chi connectivity index (χ1v) is 3.73. The van der Waals surface area contributed by atoms with E-state index in [0.29, 0.717) is 0 Å². The van der Waals surface area contributed by atoms with Crippen LogP contribution in [0.1, 0.15) is 0 Å². The van der Waals surface area contributed by atoms with Crippen molar-refractivity contribution >= 4 is 17.5 Å². The molecule has 5 heteroatoms. The van der Waals surface area contributed by atoms with Crippen LogP contribution in [-0.4, -0.2) is 23.6 Å². The van der Waals surface area contributed by atoms with Crippen LogP contribution < -0.4 is 11.1 Å². The van der Waals surface area contributed by atoms with Crippen molar-refractivity contribution in [3.8, 4) is 0 Å². The fourth-order valence-corrected chi connectivity index (χ4v) is 1.31. The number of amides is 2. The van der Waals surface area contributed by atoms with E-state index < -0.39 is 17.9 Å². The number of nitrogens with one attached hydrogen (secondary N) is 2. The van der Waals surface area contributed by atoms with Crippen LogP contribution in [0.4, 0.5) is 0 Å². The summed E-state index contributed by atoms with van der Waals surface area (Å²) in [5, 5.41) is 9.50. The van der Waals surface area contributed by atoms with Crippen molar-refractivity contribution in [2.24, 2.45) is 5.73 Å². The first-order chi connectivity index (χ1) is 6.09. The van der Waals surface area contributed by atoms with Gasteiger partial charge in [-0.15, -0.1) is 0 Å². The normalized spacial score (nSPS) is 26.5. The minimum atomic E-state index is -0.588. The van der Waals surface area contributed by atoms with Crippen molar-refractivity contribution in [2.45, 2.75) is 6.04 Å². The molecule has 1 aliphatic carbocycles. The fourth-order valence-electron chi connectivity index (χ4n) is 1.31. The maximum Gasteiger partial charge on any atom is 0.258 e. The number of hydrogen-bond acceptors (Lipinski definition) is 4. The number of hydrogen-bond donors (Lipinski definition) is 3. The minimum absolute atomic E-state index is 0.142. The van der Waals surface area contributed by atoms with Crippen molar-refractivity contribution in [1.82, 2.24) is 5.32 Å². The van der Waals surface area contributed by atoms with Gasteiger partial charge in [-0.3, -0.25) is 14.9 Å². The molecule has 0 aromatic rings. The predicted molar refractivity (Wildman–Crippen MR) is 45.0 cm³/mol. The summed E-state index contributed by atoms with van der Waals surface area (Å²) >= 11 is 0. The van der Waals surface area contributed by atoms with Gasteiger partial charge in [-0.2, -0.15) is 0 Å². The van der Waals surface area contributed by atoms with E-state index in [2.05, 4.69) is 5.32 Å². The Balaban J connectivity index is 2.53. The summed E-state index contributed by atoms with van der Waals surface area (Å²) in [5.41, 5.74) is 6.18. The summed E-state index contributed by atoms with van der Waals surface area (Å²) in [5.74, 6) is -0.882. The van der Waals surface area contributed by atoms with Gasteiger partial charge in [0.25, 0.3) is 11.8 Å². The molecular formula is C8H7N3O2. The quantitative estimate of drug-likeness (QED) is 0.408. The zero-order chi connectivity index (χ0) is 9.59. The second-order valence-corrected chi connectivity index (χ2v) is 2.90. The third-order valence-corrected chi connectivity index (χ3v) is 2.01. The molecule has 13 heavy (non-hydrogen) atoms. The summed E-state index contributed by atoms with van der Waals surface area (Å²) < 4.78 is 0. The molecular weight excluding hydrogens is 170 g/mol. The van der Waals surface area contributed by atoms with Crippen molar-refractivity contribution in [3.05, 3.63) is 23.3 Å². The Kier molecular flexibility index (Phi) is 1.43. The van der Waals surface area contributed by atoms with Gasteiger partial charge in [0.15, 0.2) is 0 Å². The average Bonchev–Trinajstić information content (AvgIpc) is 2.31. The van der Waals surface area contributed by atoms with Gasteiger partial charge in [0.05, 0.1) is 22.9 Å². The first kappa shape index (κ1) is 7.88. The maximum atomic E-state index is 11.1. The van der Waals surface area contributed by atoms with Crippen LogP contribution in [0.15, 0.2) is 23.3 Å². The summed E-state index contributed by atoms with van der Waals surface area (Å²) in [6, 6.07) is -0.588. The van der Waals surface area contributed by atoms with E-state index in [0.717, 1.165) is 0 Å². The SMILES string of the molecule is N=C1C=C2C(=O)NC(=O)C2=CC1N. The Morgan fingerprint density at radius 3 is 2.62 bits per heavy atom. The second-order valence-electron chi connectivity index (χ2n) is 2.90. The lowest BCUT2D eigenvalue weighted by Gasteiger charge is -2.11. The van der Waals surface area contributed by atoms with Gasteiger partial charge >= 0.3 is 0 Å². The third kappa shape index (κ3) is 1.01. The largest absolute Gasteiger partial charge is 0.319 e. The molecule has 2 amide bonds. The monoisotopic (exact) mass is 177 g/mol. The van der Waals surface area contributed by atoms with Gasteiger partial charge in [0, 0.05) is 0 Å².